The zero-order valence-corrected chi connectivity index (χ0v) is 11.1. The number of carbonyl (C=O) groups is 2. The molecule has 5 nitrogen and oxygen atoms in total. The molecule has 0 aromatic carbocycles. The highest BCUT2D eigenvalue weighted by Crippen LogP contribution is 2.01. The molecule has 1 atom stereocenters. The van der Waals surface area contributed by atoms with E-state index in [1.807, 2.05) is 13.2 Å². The maximum atomic E-state index is 11.4. The van der Waals surface area contributed by atoms with E-state index < -0.39 is 18.0 Å². The van der Waals surface area contributed by atoms with Crippen LogP contribution in [-0.4, -0.2) is 41.7 Å². The van der Waals surface area contributed by atoms with Gasteiger partial charge in [0.2, 0.25) is 0 Å². The van der Waals surface area contributed by atoms with Gasteiger partial charge < -0.3 is 15.7 Å². The van der Waals surface area contributed by atoms with E-state index in [1.54, 1.807) is 11.8 Å². The minimum atomic E-state index is -1.01. The second-order valence-corrected chi connectivity index (χ2v) is 4.77. The van der Waals surface area contributed by atoms with Crippen molar-refractivity contribution in [2.75, 3.05) is 18.6 Å². The summed E-state index contributed by atoms with van der Waals surface area (Å²) >= 11 is 1.55. The third kappa shape index (κ3) is 8.62. The van der Waals surface area contributed by atoms with Crippen molar-refractivity contribution < 1.29 is 14.7 Å². The van der Waals surface area contributed by atoms with Crippen LogP contribution in [0.1, 0.15) is 19.8 Å². The molecule has 0 fully saturated rings. The number of amides is 2. The standard InChI is InChI=1S/C11H20N2O3S/c1-8(2)4-6-12-11(16)13-9(10(14)15)5-7-17-3/h9H,1,4-7H2,2-3H3,(H,14,15)(H2,12,13,16). The van der Waals surface area contributed by atoms with Gasteiger partial charge in [0.1, 0.15) is 6.04 Å². The second-order valence-electron chi connectivity index (χ2n) is 3.78. The number of rotatable bonds is 8. The second kappa shape index (κ2) is 8.92. The van der Waals surface area contributed by atoms with E-state index >= 15 is 0 Å². The van der Waals surface area contributed by atoms with Crippen LogP contribution in [-0.2, 0) is 4.79 Å². The Morgan fingerprint density at radius 1 is 1.47 bits per heavy atom. The molecule has 0 aromatic rings. The number of carboxylic acid groups (broad SMARTS) is 1. The molecule has 0 saturated carbocycles. The number of carboxylic acids is 1. The first kappa shape index (κ1) is 15.8. The molecule has 0 saturated heterocycles. The van der Waals surface area contributed by atoms with Crippen molar-refractivity contribution in [2.45, 2.75) is 25.8 Å². The van der Waals surface area contributed by atoms with Gasteiger partial charge in [-0.3, -0.25) is 0 Å². The molecular formula is C11H20N2O3S. The lowest BCUT2D eigenvalue weighted by atomic mass is 10.2. The van der Waals surface area contributed by atoms with Crippen LogP contribution in [0.4, 0.5) is 4.79 Å². The fraction of sp³-hybridized carbons (Fsp3) is 0.636. The van der Waals surface area contributed by atoms with E-state index in [9.17, 15) is 9.59 Å². The molecule has 0 aliphatic rings. The van der Waals surface area contributed by atoms with E-state index in [0.29, 0.717) is 25.1 Å². The molecule has 0 radical (unpaired) electrons. The summed E-state index contributed by atoms with van der Waals surface area (Å²) in [5, 5.41) is 13.9. The number of hydrogen-bond donors (Lipinski definition) is 3. The van der Waals surface area contributed by atoms with Crippen LogP contribution in [0.15, 0.2) is 12.2 Å². The summed E-state index contributed by atoms with van der Waals surface area (Å²) in [6, 6.07) is -1.27. The summed E-state index contributed by atoms with van der Waals surface area (Å²) in [7, 11) is 0. The molecule has 0 spiro atoms. The molecule has 6 heteroatoms. The largest absolute Gasteiger partial charge is 0.480 e. The summed E-state index contributed by atoms with van der Waals surface area (Å²) in [6.45, 7) is 6.05. The van der Waals surface area contributed by atoms with E-state index in [4.69, 9.17) is 5.11 Å². The van der Waals surface area contributed by atoms with Gasteiger partial charge in [-0.25, -0.2) is 9.59 Å². The normalized spacial score (nSPS) is 11.6. The number of carbonyl (C=O) groups excluding carboxylic acids is 1. The summed E-state index contributed by atoms with van der Waals surface area (Å²) < 4.78 is 0. The topological polar surface area (TPSA) is 78.4 Å². The van der Waals surface area contributed by atoms with Crippen molar-refractivity contribution in [3.63, 3.8) is 0 Å². The Kier molecular flexibility index (Phi) is 8.31. The zero-order chi connectivity index (χ0) is 13.3. The molecule has 0 heterocycles. The predicted molar refractivity (Wildman–Crippen MR) is 70.4 cm³/mol. The Hall–Kier alpha value is -1.17. The maximum absolute atomic E-state index is 11.4. The van der Waals surface area contributed by atoms with Gasteiger partial charge in [0.25, 0.3) is 0 Å². The molecule has 17 heavy (non-hydrogen) atoms. The minimum absolute atomic E-state index is 0.421. The van der Waals surface area contributed by atoms with Crippen molar-refractivity contribution in [1.29, 1.82) is 0 Å². The smallest absolute Gasteiger partial charge is 0.326 e. The lowest BCUT2D eigenvalue weighted by Gasteiger charge is -2.14. The number of aliphatic carboxylic acids is 1. The fourth-order valence-electron chi connectivity index (χ4n) is 1.09. The van der Waals surface area contributed by atoms with Crippen LogP contribution in [0.25, 0.3) is 0 Å². The summed E-state index contributed by atoms with van der Waals surface area (Å²) in [5.41, 5.74) is 0.975. The van der Waals surface area contributed by atoms with Gasteiger partial charge in [0.05, 0.1) is 0 Å². The Labute approximate surface area is 106 Å². The Morgan fingerprint density at radius 3 is 2.59 bits per heavy atom. The molecule has 1 unspecified atom stereocenters. The van der Waals surface area contributed by atoms with Gasteiger partial charge in [0, 0.05) is 6.54 Å². The first-order valence-electron chi connectivity index (χ1n) is 5.38. The first-order valence-corrected chi connectivity index (χ1v) is 6.77. The van der Waals surface area contributed by atoms with Crippen LogP contribution in [0, 0.1) is 0 Å². The van der Waals surface area contributed by atoms with Gasteiger partial charge in [-0.15, -0.1) is 6.58 Å². The van der Waals surface area contributed by atoms with Crippen LogP contribution < -0.4 is 10.6 Å². The van der Waals surface area contributed by atoms with Gasteiger partial charge in [0.15, 0.2) is 0 Å². The van der Waals surface area contributed by atoms with E-state index in [0.717, 1.165) is 5.57 Å². The van der Waals surface area contributed by atoms with Gasteiger partial charge >= 0.3 is 12.0 Å². The van der Waals surface area contributed by atoms with Crippen molar-refractivity contribution in [1.82, 2.24) is 10.6 Å². The molecule has 0 aliphatic carbocycles. The van der Waals surface area contributed by atoms with Crippen molar-refractivity contribution in [3.05, 3.63) is 12.2 Å². The molecule has 3 N–H and O–H groups in total. The van der Waals surface area contributed by atoms with Crippen LogP contribution in [0.5, 0.6) is 0 Å². The maximum Gasteiger partial charge on any atom is 0.326 e. The average Bonchev–Trinajstić information content (AvgIpc) is 2.23. The van der Waals surface area contributed by atoms with Gasteiger partial charge in [-0.2, -0.15) is 11.8 Å². The Morgan fingerprint density at radius 2 is 2.12 bits per heavy atom. The third-order valence-electron chi connectivity index (χ3n) is 2.05. The highest BCUT2D eigenvalue weighted by atomic mass is 32.2. The summed E-state index contributed by atoms with van der Waals surface area (Å²) in [5.74, 6) is -0.308. The summed E-state index contributed by atoms with van der Waals surface area (Å²) in [4.78, 5) is 22.2. The average molecular weight is 260 g/mol. The first-order chi connectivity index (χ1) is 7.97. The van der Waals surface area contributed by atoms with Crippen molar-refractivity contribution in [3.8, 4) is 0 Å². The minimum Gasteiger partial charge on any atom is -0.480 e. The quantitative estimate of drug-likeness (QED) is 0.577. The van der Waals surface area contributed by atoms with Crippen LogP contribution in [0.3, 0.4) is 0 Å². The SMILES string of the molecule is C=C(C)CCNC(=O)NC(CCSC)C(=O)O. The lowest BCUT2D eigenvalue weighted by molar-refractivity contribution is -0.139. The number of urea groups is 1. The number of nitrogens with one attached hydrogen (secondary N) is 2. The highest BCUT2D eigenvalue weighted by molar-refractivity contribution is 7.98. The number of thioether (sulfide) groups is 1. The lowest BCUT2D eigenvalue weighted by Crippen LogP contribution is -2.46. The fourth-order valence-corrected chi connectivity index (χ4v) is 1.56. The Bertz CT molecular complexity index is 282. The molecule has 0 bridgehead atoms. The van der Waals surface area contributed by atoms with Crippen molar-refractivity contribution >= 4 is 23.8 Å². The van der Waals surface area contributed by atoms with Crippen LogP contribution in [0.2, 0.25) is 0 Å². The Balaban J connectivity index is 3.95. The number of hydrogen-bond acceptors (Lipinski definition) is 3. The highest BCUT2D eigenvalue weighted by Gasteiger charge is 2.18. The van der Waals surface area contributed by atoms with Crippen LogP contribution >= 0.6 is 11.8 Å². The summed E-state index contributed by atoms with van der Waals surface area (Å²) in [6.07, 6.45) is 3.01. The molecule has 0 rings (SSSR count). The van der Waals surface area contributed by atoms with Gasteiger partial charge in [-0.05, 0) is 31.8 Å². The molecular weight excluding hydrogens is 240 g/mol. The zero-order valence-electron chi connectivity index (χ0n) is 10.3. The molecule has 98 valence electrons. The monoisotopic (exact) mass is 260 g/mol. The van der Waals surface area contributed by atoms with Gasteiger partial charge in [-0.1, -0.05) is 5.57 Å². The molecule has 0 aromatic heterocycles. The third-order valence-corrected chi connectivity index (χ3v) is 2.70. The van der Waals surface area contributed by atoms with Crippen molar-refractivity contribution in [2.24, 2.45) is 0 Å². The molecule has 2 amide bonds. The predicted octanol–water partition coefficient (Wildman–Crippen LogP) is 1.46. The van der Waals surface area contributed by atoms with E-state index in [1.165, 1.54) is 0 Å². The molecule has 0 aliphatic heterocycles. The van der Waals surface area contributed by atoms with E-state index in [2.05, 4.69) is 17.2 Å². The van der Waals surface area contributed by atoms with E-state index in [-0.39, 0.29) is 0 Å².